The van der Waals surface area contributed by atoms with E-state index in [1.54, 1.807) is 0 Å². The van der Waals surface area contributed by atoms with E-state index < -0.39 is 0 Å². The zero-order chi connectivity index (χ0) is 15.2. The molecular weight excluding hydrogens is 272 g/mol. The second-order valence-electron chi connectivity index (χ2n) is 6.07. The maximum Gasteiger partial charge on any atom is 0.223 e. The van der Waals surface area contributed by atoms with Crippen molar-refractivity contribution in [2.45, 2.75) is 63.7 Å². The van der Waals surface area contributed by atoms with Crippen molar-refractivity contribution >= 4 is 11.8 Å². The Morgan fingerprint density at radius 3 is 2.57 bits per heavy atom. The molecule has 1 saturated heterocycles. The molecule has 0 aromatic carbocycles. The third-order valence-corrected chi connectivity index (χ3v) is 4.43. The number of carbonyl (C=O) groups excluding carboxylic acids is 2. The maximum absolute atomic E-state index is 11.7. The van der Waals surface area contributed by atoms with Crippen molar-refractivity contribution in [1.29, 1.82) is 0 Å². The van der Waals surface area contributed by atoms with Crippen LogP contribution in [0, 0.1) is 5.92 Å². The van der Waals surface area contributed by atoms with Gasteiger partial charge in [0.05, 0.1) is 18.8 Å². The molecule has 21 heavy (non-hydrogen) atoms. The van der Waals surface area contributed by atoms with Crippen LogP contribution in [0.1, 0.15) is 45.4 Å². The minimum Gasteiger partial charge on any atom is -0.394 e. The molecule has 0 radical (unpaired) electrons. The average Bonchev–Trinajstić information content (AvgIpc) is 2.37. The third-order valence-electron chi connectivity index (χ3n) is 4.43. The molecule has 2 fully saturated rings. The maximum atomic E-state index is 11.7. The largest absolute Gasteiger partial charge is 0.394 e. The molecule has 0 aromatic heterocycles. The van der Waals surface area contributed by atoms with E-state index >= 15 is 0 Å². The first-order valence-corrected chi connectivity index (χ1v) is 7.91. The summed E-state index contributed by atoms with van der Waals surface area (Å²) in [6.07, 6.45) is 5.25. The first-order chi connectivity index (χ1) is 10.1. The Labute approximate surface area is 125 Å². The lowest BCUT2D eigenvalue weighted by Crippen LogP contribution is -2.50. The van der Waals surface area contributed by atoms with E-state index in [9.17, 15) is 14.7 Å². The molecule has 3 atom stereocenters. The molecule has 6 nitrogen and oxygen atoms in total. The Morgan fingerprint density at radius 1 is 1.24 bits per heavy atom. The van der Waals surface area contributed by atoms with Gasteiger partial charge in [0.1, 0.15) is 6.10 Å². The topological polar surface area (TPSA) is 87.7 Å². The van der Waals surface area contributed by atoms with Crippen LogP contribution in [0.5, 0.6) is 0 Å². The molecule has 1 aliphatic carbocycles. The molecule has 3 N–H and O–H groups in total. The number of ether oxygens (including phenoxy) is 1. The monoisotopic (exact) mass is 298 g/mol. The van der Waals surface area contributed by atoms with E-state index in [0.717, 1.165) is 38.5 Å². The predicted octanol–water partition coefficient (Wildman–Crippen LogP) is 0.337. The first-order valence-electron chi connectivity index (χ1n) is 7.91. The van der Waals surface area contributed by atoms with Gasteiger partial charge in [-0.1, -0.05) is 6.42 Å². The number of aliphatic hydroxyl groups is 1. The van der Waals surface area contributed by atoms with Gasteiger partial charge in [0.2, 0.25) is 11.8 Å². The van der Waals surface area contributed by atoms with Gasteiger partial charge in [-0.25, -0.2) is 0 Å². The number of rotatable bonds is 6. The molecule has 2 amide bonds. The Morgan fingerprint density at radius 2 is 2.00 bits per heavy atom. The molecule has 120 valence electrons. The van der Waals surface area contributed by atoms with Gasteiger partial charge in [-0.2, -0.15) is 0 Å². The van der Waals surface area contributed by atoms with Crippen molar-refractivity contribution in [2.75, 3.05) is 13.2 Å². The highest BCUT2D eigenvalue weighted by molar-refractivity contribution is 5.79. The fourth-order valence-electron chi connectivity index (χ4n) is 2.94. The average molecular weight is 298 g/mol. The van der Waals surface area contributed by atoms with E-state index in [1.807, 2.05) is 0 Å². The smallest absolute Gasteiger partial charge is 0.223 e. The first kappa shape index (κ1) is 16.2. The Kier molecular flexibility index (Phi) is 5.99. The Hall–Kier alpha value is -1.14. The van der Waals surface area contributed by atoms with Gasteiger partial charge < -0.3 is 20.5 Å². The van der Waals surface area contributed by atoms with Crippen molar-refractivity contribution in [3.05, 3.63) is 0 Å². The number of hydrogen-bond donors (Lipinski definition) is 3. The number of amides is 2. The van der Waals surface area contributed by atoms with Crippen LogP contribution in [-0.2, 0) is 14.3 Å². The lowest BCUT2D eigenvalue weighted by molar-refractivity contribution is -0.129. The van der Waals surface area contributed by atoms with Crippen LogP contribution in [-0.4, -0.2) is 48.3 Å². The molecule has 0 spiro atoms. The van der Waals surface area contributed by atoms with Gasteiger partial charge >= 0.3 is 0 Å². The summed E-state index contributed by atoms with van der Waals surface area (Å²) >= 11 is 0. The van der Waals surface area contributed by atoms with Crippen LogP contribution >= 0.6 is 0 Å². The van der Waals surface area contributed by atoms with Crippen LogP contribution in [0.3, 0.4) is 0 Å². The highest BCUT2D eigenvalue weighted by Crippen LogP contribution is 2.26. The zero-order valence-electron chi connectivity index (χ0n) is 12.6. The number of nitrogens with one attached hydrogen (secondary N) is 2. The minimum absolute atomic E-state index is 0.0360. The summed E-state index contributed by atoms with van der Waals surface area (Å²) < 4.78 is 5.82. The van der Waals surface area contributed by atoms with Gasteiger partial charge in [-0.05, 0) is 32.1 Å². The molecule has 0 unspecified atom stereocenters. The Balaban J connectivity index is 1.68. The Bertz CT molecular complexity index is 371. The van der Waals surface area contributed by atoms with Crippen LogP contribution in [0.25, 0.3) is 0 Å². The molecule has 2 aliphatic rings. The van der Waals surface area contributed by atoms with Crippen molar-refractivity contribution in [2.24, 2.45) is 5.92 Å². The summed E-state index contributed by atoms with van der Waals surface area (Å²) in [5, 5.41) is 15.1. The van der Waals surface area contributed by atoms with Crippen LogP contribution in [0.15, 0.2) is 0 Å². The zero-order valence-corrected chi connectivity index (χ0v) is 12.6. The molecular formula is C15H26N2O4. The van der Waals surface area contributed by atoms with E-state index in [2.05, 4.69) is 10.6 Å². The normalized spacial score (nSPS) is 29.5. The minimum atomic E-state index is -0.352. The van der Waals surface area contributed by atoms with Gasteiger partial charge in [0, 0.05) is 19.4 Å². The third kappa shape index (κ3) is 4.68. The lowest BCUT2D eigenvalue weighted by atomic mass is 9.85. The molecule has 1 saturated carbocycles. The molecule has 1 heterocycles. The van der Waals surface area contributed by atoms with Crippen molar-refractivity contribution in [3.63, 3.8) is 0 Å². The van der Waals surface area contributed by atoms with Crippen molar-refractivity contribution < 1.29 is 19.4 Å². The highest BCUT2D eigenvalue weighted by atomic mass is 16.5. The predicted molar refractivity (Wildman–Crippen MR) is 77.6 cm³/mol. The van der Waals surface area contributed by atoms with Gasteiger partial charge in [-0.3, -0.25) is 9.59 Å². The molecule has 0 bridgehead atoms. The molecule has 1 aliphatic heterocycles. The van der Waals surface area contributed by atoms with Gasteiger partial charge in [-0.15, -0.1) is 0 Å². The quantitative estimate of drug-likeness (QED) is 0.660. The number of carbonyl (C=O) groups is 2. The molecule has 2 rings (SSSR count). The highest BCUT2D eigenvalue weighted by Gasteiger charge is 2.31. The van der Waals surface area contributed by atoms with Crippen molar-refractivity contribution in [3.8, 4) is 0 Å². The summed E-state index contributed by atoms with van der Waals surface area (Å²) in [6.45, 7) is 1.98. The fourth-order valence-corrected chi connectivity index (χ4v) is 2.94. The SMILES string of the molecule is CC(=O)N[C@@H]1CC[C@H](CCNC(=O)C2CCC2)O[C@@H]1CO. The number of aliphatic hydroxyl groups excluding tert-OH is 1. The van der Waals surface area contributed by atoms with Crippen LogP contribution < -0.4 is 10.6 Å². The molecule has 6 heteroatoms. The van der Waals surface area contributed by atoms with E-state index in [-0.39, 0.29) is 42.6 Å². The van der Waals surface area contributed by atoms with E-state index in [1.165, 1.54) is 6.92 Å². The molecule has 0 aromatic rings. The summed E-state index contributed by atoms with van der Waals surface area (Å²) in [5.74, 6) is 0.270. The number of hydrogen-bond acceptors (Lipinski definition) is 4. The summed E-state index contributed by atoms with van der Waals surface area (Å²) in [5.41, 5.74) is 0. The van der Waals surface area contributed by atoms with Gasteiger partial charge in [0.15, 0.2) is 0 Å². The summed E-state index contributed by atoms with van der Waals surface area (Å²) in [7, 11) is 0. The summed E-state index contributed by atoms with van der Waals surface area (Å²) in [6, 6.07) is -0.117. The second-order valence-corrected chi connectivity index (χ2v) is 6.07. The van der Waals surface area contributed by atoms with E-state index in [0.29, 0.717) is 6.54 Å². The van der Waals surface area contributed by atoms with Crippen LogP contribution in [0.4, 0.5) is 0 Å². The summed E-state index contributed by atoms with van der Waals surface area (Å²) in [4.78, 5) is 22.8. The second kappa shape index (κ2) is 7.75. The van der Waals surface area contributed by atoms with Crippen molar-refractivity contribution in [1.82, 2.24) is 10.6 Å². The lowest BCUT2D eigenvalue weighted by Gasteiger charge is -2.36. The fraction of sp³-hybridized carbons (Fsp3) is 0.867. The van der Waals surface area contributed by atoms with E-state index in [4.69, 9.17) is 4.74 Å². The van der Waals surface area contributed by atoms with Crippen LogP contribution in [0.2, 0.25) is 0 Å². The van der Waals surface area contributed by atoms with Gasteiger partial charge in [0.25, 0.3) is 0 Å². The standard InChI is InChI=1S/C15H26N2O4/c1-10(19)17-13-6-5-12(21-14(13)9-18)7-8-16-15(20)11-3-2-4-11/h11-14,18H,2-9H2,1H3,(H,16,20)(H,17,19)/t12-,13-,14-/m1/s1.